The molecular weight excluding hydrogens is 392 g/mol. The van der Waals surface area contributed by atoms with Crippen molar-refractivity contribution in [2.75, 3.05) is 0 Å². The standard InChI is InChI=1S/C19H14N6O3S/c20-9-14-4-3-13(11-25-12-24-18-2-1-7-22-19(18)25)8-16(14)17-6-5-15(10-23-17)28-29(21,26)27/h1-8,10,12H,11H2,(H2,21,26,27). The molecule has 0 unspecified atom stereocenters. The number of pyridine rings is 2. The predicted octanol–water partition coefficient (Wildman–Crippen LogP) is 2.00. The van der Waals surface area contributed by atoms with Crippen LogP contribution in [0, 0.1) is 11.3 Å². The quantitative estimate of drug-likeness (QED) is 0.535. The molecule has 3 aromatic heterocycles. The van der Waals surface area contributed by atoms with Crippen LogP contribution in [0.5, 0.6) is 5.75 Å². The zero-order valence-electron chi connectivity index (χ0n) is 14.9. The van der Waals surface area contributed by atoms with Crippen molar-refractivity contribution < 1.29 is 12.6 Å². The number of nitrogens with two attached hydrogens (primary N) is 1. The maximum Gasteiger partial charge on any atom is 0.380 e. The van der Waals surface area contributed by atoms with E-state index >= 15 is 0 Å². The van der Waals surface area contributed by atoms with Gasteiger partial charge >= 0.3 is 10.3 Å². The van der Waals surface area contributed by atoms with Crippen LogP contribution < -0.4 is 9.32 Å². The first kappa shape index (κ1) is 18.5. The molecule has 10 heteroatoms. The summed E-state index contributed by atoms with van der Waals surface area (Å²) in [5.41, 5.74) is 4.04. The Morgan fingerprint density at radius 1 is 1.14 bits per heavy atom. The summed E-state index contributed by atoms with van der Waals surface area (Å²) in [6.07, 6.45) is 4.66. The van der Waals surface area contributed by atoms with Crippen molar-refractivity contribution in [1.29, 1.82) is 5.26 Å². The molecule has 0 aliphatic carbocycles. The van der Waals surface area contributed by atoms with Crippen LogP contribution in [0.4, 0.5) is 0 Å². The van der Waals surface area contributed by atoms with Gasteiger partial charge in [-0.1, -0.05) is 6.07 Å². The number of fused-ring (bicyclic) bond motifs is 1. The SMILES string of the molecule is N#Cc1ccc(Cn2cnc3cccnc32)cc1-c1ccc(OS(N)(=O)=O)cn1. The molecule has 4 rings (SSSR count). The molecule has 0 saturated carbocycles. The molecule has 29 heavy (non-hydrogen) atoms. The first-order valence-electron chi connectivity index (χ1n) is 8.40. The van der Waals surface area contributed by atoms with Crippen LogP contribution in [0.25, 0.3) is 22.4 Å². The van der Waals surface area contributed by atoms with Gasteiger partial charge in [0.2, 0.25) is 0 Å². The average Bonchev–Trinajstić information content (AvgIpc) is 3.10. The molecule has 0 aliphatic heterocycles. The number of imidazole rings is 1. The highest BCUT2D eigenvalue weighted by atomic mass is 32.2. The molecule has 144 valence electrons. The average molecular weight is 406 g/mol. The van der Waals surface area contributed by atoms with Crippen molar-refractivity contribution in [3.8, 4) is 23.1 Å². The van der Waals surface area contributed by atoms with E-state index in [1.807, 2.05) is 28.8 Å². The number of hydrogen-bond donors (Lipinski definition) is 1. The van der Waals surface area contributed by atoms with Crippen LogP contribution in [0.1, 0.15) is 11.1 Å². The normalized spacial score (nSPS) is 11.3. The summed E-state index contributed by atoms with van der Waals surface area (Å²) in [5, 5.41) is 14.3. The minimum Gasteiger partial charge on any atom is -0.369 e. The number of nitrogens with zero attached hydrogens (tertiary/aromatic N) is 5. The van der Waals surface area contributed by atoms with Crippen molar-refractivity contribution >= 4 is 21.5 Å². The lowest BCUT2D eigenvalue weighted by Gasteiger charge is -2.09. The summed E-state index contributed by atoms with van der Waals surface area (Å²) in [4.78, 5) is 12.9. The van der Waals surface area contributed by atoms with E-state index in [0.29, 0.717) is 23.4 Å². The fourth-order valence-electron chi connectivity index (χ4n) is 2.93. The number of aromatic nitrogens is 4. The monoisotopic (exact) mass is 406 g/mol. The first-order valence-corrected chi connectivity index (χ1v) is 9.87. The van der Waals surface area contributed by atoms with Crippen LogP contribution in [-0.4, -0.2) is 27.9 Å². The van der Waals surface area contributed by atoms with Crippen LogP contribution in [-0.2, 0) is 16.8 Å². The van der Waals surface area contributed by atoms with Crippen LogP contribution in [0.3, 0.4) is 0 Å². The minimum atomic E-state index is -4.13. The number of benzene rings is 1. The fraction of sp³-hybridized carbons (Fsp3) is 0.0526. The van der Waals surface area contributed by atoms with Crippen LogP contribution >= 0.6 is 0 Å². The molecule has 9 nitrogen and oxygen atoms in total. The van der Waals surface area contributed by atoms with E-state index in [1.165, 1.54) is 12.3 Å². The molecule has 0 spiro atoms. The summed E-state index contributed by atoms with van der Waals surface area (Å²) in [7, 11) is -4.13. The van der Waals surface area contributed by atoms with Gasteiger partial charge < -0.3 is 8.75 Å². The molecular formula is C19H14N6O3S. The Balaban J connectivity index is 1.68. The molecule has 0 atom stereocenters. The maximum absolute atomic E-state index is 11.0. The van der Waals surface area contributed by atoms with Gasteiger partial charge in [0.05, 0.1) is 36.4 Å². The van der Waals surface area contributed by atoms with Crippen molar-refractivity contribution in [3.05, 3.63) is 72.3 Å². The highest BCUT2D eigenvalue weighted by Crippen LogP contribution is 2.25. The Morgan fingerprint density at radius 2 is 2.00 bits per heavy atom. The smallest absolute Gasteiger partial charge is 0.369 e. The second kappa shape index (κ2) is 7.31. The largest absolute Gasteiger partial charge is 0.380 e. The van der Waals surface area contributed by atoms with E-state index in [9.17, 15) is 13.7 Å². The third-order valence-corrected chi connectivity index (χ3v) is 4.58. The van der Waals surface area contributed by atoms with Gasteiger partial charge in [0, 0.05) is 11.8 Å². The van der Waals surface area contributed by atoms with Gasteiger partial charge in [-0.15, -0.1) is 0 Å². The van der Waals surface area contributed by atoms with Crippen LogP contribution in [0.15, 0.2) is 61.2 Å². The Morgan fingerprint density at radius 3 is 2.72 bits per heavy atom. The van der Waals surface area contributed by atoms with E-state index in [4.69, 9.17) is 5.14 Å². The second-order valence-corrected chi connectivity index (χ2v) is 7.32. The highest BCUT2D eigenvalue weighted by molar-refractivity contribution is 7.84. The van der Waals surface area contributed by atoms with E-state index < -0.39 is 10.3 Å². The molecule has 1 aromatic carbocycles. The fourth-order valence-corrected chi connectivity index (χ4v) is 3.30. The molecule has 0 radical (unpaired) electrons. The van der Waals surface area contributed by atoms with Gasteiger partial charge in [-0.25, -0.2) is 9.97 Å². The Labute approximate surface area is 166 Å². The maximum atomic E-state index is 11.0. The lowest BCUT2D eigenvalue weighted by Crippen LogP contribution is -2.19. The van der Waals surface area contributed by atoms with Gasteiger partial charge in [0.25, 0.3) is 0 Å². The van der Waals surface area contributed by atoms with Crippen LogP contribution in [0.2, 0.25) is 0 Å². The highest BCUT2D eigenvalue weighted by Gasteiger charge is 2.11. The summed E-state index contributed by atoms with van der Waals surface area (Å²) in [6.45, 7) is 0.513. The molecule has 2 N–H and O–H groups in total. The number of hydrogen-bond acceptors (Lipinski definition) is 7. The molecule has 0 saturated heterocycles. The van der Waals surface area contributed by atoms with Gasteiger partial charge in [-0.3, -0.25) is 4.98 Å². The Kier molecular flexibility index (Phi) is 4.67. The molecule has 0 aliphatic rings. The van der Waals surface area contributed by atoms with Gasteiger partial charge in [0.15, 0.2) is 11.4 Å². The molecule has 0 amide bonds. The minimum absolute atomic E-state index is 0.0122. The van der Waals surface area contributed by atoms with Crippen molar-refractivity contribution in [2.24, 2.45) is 5.14 Å². The van der Waals surface area contributed by atoms with E-state index in [-0.39, 0.29) is 5.75 Å². The third kappa shape index (κ3) is 4.06. The van der Waals surface area contributed by atoms with Gasteiger partial charge in [0.1, 0.15) is 5.52 Å². The summed E-state index contributed by atoms with van der Waals surface area (Å²) >= 11 is 0. The first-order chi connectivity index (χ1) is 13.9. The lowest BCUT2D eigenvalue weighted by atomic mass is 10.0. The zero-order chi connectivity index (χ0) is 20.4. The van der Waals surface area contributed by atoms with Crippen molar-refractivity contribution in [1.82, 2.24) is 19.5 Å². The Bertz CT molecular complexity index is 1340. The molecule has 0 bridgehead atoms. The van der Waals surface area contributed by atoms with E-state index in [2.05, 4.69) is 25.2 Å². The van der Waals surface area contributed by atoms with Crippen molar-refractivity contribution in [3.63, 3.8) is 0 Å². The third-order valence-electron chi connectivity index (χ3n) is 4.16. The van der Waals surface area contributed by atoms with E-state index in [1.54, 1.807) is 24.7 Å². The Hall–Kier alpha value is -3.81. The predicted molar refractivity (Wildman–Crippen MR) is 105 cm³/mol. The molecule has 0 fully saturated rings. The second-order valence-electron chi connectivity index (χ2n) is 6.17. The summed E-state index contributed by atoms with van der Waals surface area (Å²) in [5.74, 6) is -0.0122. The van der Waals surface area contributed by atoms with Gasteiger partial charge in [-0.2, -0.15) is 18.8 Å². The lowest BCUT2D eigenvalue weighted by molar-refractivity contribution is 0.486. The molecule has 3 heterocycles. The van der Waals surface area contributed by atoms with Gasteiger partial charge in [-0.05, 0) is 42.0 Å². The number of nitriles is 1. The summed E-state index contributed by atoms with van der Waals surface area (Å²) in [6, 6.07) is 14.3. The van der Waals surface area contributed by atoms with E-state index in [0.717, 1.165) is 16.7 Å². The van der Waals surface area contributed by atoms with Crippen molar-refractivity contribution in [2.45, 2.75) is 6.54 Å². The molecule has 4 aromatic rings. The zero-order valence-corrected chi connectivity index (χ0v) is 15.7. The number of rotatable bonds is 5. The summed E-state index contributed by atoms with van der Waals surface area (Å²) < 4.78 is 28.5. The topological polar surface area (TPSA) is 137 Å².